The number of para-hydroxylation sites is 1. The fraction of sp³-hybridized carbons (Fsp3) is 0.588. The monoisotopic (exact) mass is 284 g/mol. The highest BCUT2D eigenvalue weighted by molar-refractivity contribution is 5.46. The maximum Gasteiger partial charge on any atom is 0.112 e. The molecule has 2 aliphatic rings. The Morgan fingerprint density at radius 3 is 2.48 bits per heavy atom. The molecular formula is C17H24N4. The van der Waals surface area contributed by atoms with Crippen molar-refractivity contribution in [3.05, 3.63) is 30.3 Å². The summed E-state index contributed by atoms with van der Waals surface area (Å²) < 4.78 is 0. The summed E-state index contributed by atoms with van der Waals surface area (Å²) in [5.41, 5.74) is 1.03. The van der Waals surface area contributed by atoms with Crippen molar-refractivity contribution in [1.82, 2.24) is 10.2 Å². The molecule has 1 N–H and O–H groups in total. The van der Waals surface area contributed by atoms with Gasteiger partial charge >= 0.3 is 0 Å². The summed E-state index contributed by atoms with van der Waals surface area (Å²) in [6, 6.07) is 13.2. The molecule has 0 spiro atoms. The standard InChI is InChI=1S/C17H24N4/c18-15-17(21-11-4-9-19-10-14-21)7-12-20(13-8-17)16-5-2-1-3-6-16/h1-3,5-6,19H,4,7-14H2. The van der Waals surface area contributed by atoms with E-state index >= 15 is 0 Å². The second-order valence-corrected chi connectivity index (χ2v) is 6.06. The summed E-state index contributed by atoms with van der Waals surface area (Å²) in [4.78, 5) is 4.83. The van der Waals surface area contributed by atoms with Crippen LogP contribution in [0.5, 0.6) is 0 Å². The van der Waals surface area contributed by atoms with Crippen LogP contribution in [0.3, 0.4) is 0 Å². The number of nitrogens with zero attached hydrogens (tertiary/aromatic N) is 3. The van der Waals surface area contributed by atoms with Crippen LogP contribution >= 0.6 is 0 Å². The molecule has 0 aromatic heterocycles. The van der Waals surface area contributed by atoms with Gasteiger partial charge < -0.3 is 10.2 Å². The number of benzene rings is 1. The lowest BCUT2D eigenvalue weighted by atomic mass is 9.86. The van der Waals surface area contributed by atoms with Gasteiger partial charge in [-0.1, -0.05) is 18.2 Å². The van der Waals surface area contributed by atoms with E-state index in [0.29, 0.717) is 0 Å². The van der Waals surface area contributed by atoms with Gasteiger partial charge in [-0.15, -0.1) is 0 Å². The topological polar surface area (TPSA) is 42.3 Å². The molecule has 112 valence electrons. The fourth-order valence-electron chi connectivity index (χ4n) is 3.55. The van der Waals surface area contributed by atoms with Gasteiger partial charge in [-0.3, -0.25) is 4.90 Å². The first-order valence-corrected chi connectivity index (χ1v) is 8.01. The van der Waals surface area contributed by atoms with Gasteiger partial charge in [0.25, 0.3) is 0 Å². The Morgan fingerprint density at radius 1 is 1.00 bits per heavy atom. The molecule has 2 fully saturated rings. The van der Waals surface area contributed by atoms with E-state index in [2.05, 4.69) is 51.5 Å². The van der Waals surface area contributed by atoms with Crippen LogP contribution in [0.2, 0.25) is 0 Å². The second kappa shape index (κ2) is 6.46. The van der Waals surface area contributed by atoms with E-state index in [4.69, 9.17) is 0 Å². The van der Waals surface area contributed by atoms with Crippen molar-refractivity contribution in [3.8, 4) is 6.07 Å². The molecule has 4 nitrogen and oxygen atoms in total. The summed E-state index contributed by atoms with van der Waals surface area (Å²) in [6.07, 6.45) is 3.03. The quantitative estimate of drug-likeness (QED) is 0.900. The molecule has 3 rings (SSSR count). The number of hydrogen-bond acceptors (Lipinski definition) is 4. The Kier molecular flexibility index (Phi) is 4.42. The van der Waals surface area contributed by atoms with E-state index < -0.39 is 0 Å². The Bertz CT molecular complexity index is 477. The van der Waals surface area contributed by atoms with E-state index in [1.807, 2.05) is 0 Å². The highest BCUT2D eigenvalue weighted by atomic mass is 15.2. The maximum atomic E-state index is 9.81. The van der Waals surface area contributed by atoms with Crippen molar-refractivity contribution in [2.75, 3.05) is 44.2 Å². The van der Waals surface area contributed by atoms with Crippen molar-refractivity contribution < 1.29 is 0 Å². The van der Waals surface area contributed by atoms with E-state index in [1.165, 1.54) is 5.69 Å². The normalized spacial score (nSPS) is 23.3. The first-order chi connectivity index (χ1) is 10.3. The van der Waals surface area contributed by atoms with Crippen LogP contribution < -0.4 is 10.2 Å². The van der Waals surface area contributed by atoms with Crippen molar-refractivity contribution in [2.45, 2.75) is 24.8 Å². The predicted molar refractivity (Wildman–Crippen MR) is 85.3 cm³/mol. The van der Waals surface area contributed by atoms with E-state index in [-0.39, 0.29) is 5.54 Å². The zero-order valence-corrected chi connectivity index (χ0v) is 12.6. The molecular weight excluding hydrogens is 260 g/mol. The molecule has 4 heteroatoms. The Labute approximate surface area is 127 Å². The zero-order valence-electron chi connectivity index (χ0n) is 12.6. The van der Waals surface area contributed by atoms with E-state index in [9.17, 15) is 5.26 Å². The molecule has 2 aliphatic heterocycles. The molecule has 1 aromatic rings. The predicted octanol–water partition coefficient (Wildman–Crippen LogP) is 1.84. The fourth-order valence-corrected chi connectivity index (χ4v) is 3.55. The van der Waals surface area contributed by atoms with Gasteiger partial charge in [0.15, 0.2) is 0 Å². The van der Waals surface area contributed by atoms with E-state index in [0.717, 1.165) is 58.5 Å². The lowest BCUT2D eigenvalue weighted by molar-refractivity contribution is 0.119. The minimum absolute atomic E-state index is 0.253. The van der Waals surface area contributed by atoms with Gasteiger partial charge in [-0.2, -0.15) is 5.26 Å². The van der Waals surface area contributed by atoms with Crippen molar-refractivity contribution >= 4 is 5.69 Å². The average molecular weight is 284 g/mol. The third-order valence-corrected chi connectivity index (χ3v) is 4.87. The number of anilines is 1. The van der Waals surface area contributed by atoms with Crippen LogP contribution in [0, 0.1) is 11.3 Å². The summed E-state index contributed by atoms with van der Waals surface area (Å²) in [7, 11) is 0. The minimum atomic E-state index is -0.253. The van der Waals surface area contributed by atoms with Crippen LogP contribution in [0.15, 0.2) is 30.3 Å². The third-order valence-electron chi connectivity index (χ3n) is 4.87. The summed E-state index contributed by atoms with van der Waals surface area (Å²) in [5, 5.41) is 13.2. The van der Waals surface area contributed by atoms with Crippen LogP contribution in [0.25, 0.3) is 0 Å². The first kappa shape index (κ1) is 14.4. The van der Waals surface area contributed by atoms with Gasteiger partial charge in [0.05, 0.1) is 6.07 Å². The molecule has 0 saturated carbocycles. The largest absolute Gasteiger partial charge is 0.371 e. The Morgan fingerprint density at radius 2 is 1.76 bits per heavy atom. The molecule has 21 heavy (non-hydrogen) atoms. The molecule has 0 atom stereocenters. The highest BCUT2D eigenvalue weighted by Gasteiger charge is 2.40. The second-order valence-electron chi connectivity index (χ2n) is 6.06. The first-order valence-electron chi connectivity index (χ1n) is 8.01. The summed E-state index contributed by atoms with van der Waals surface area (Å²) >= 11 is 0. The lowest BCUT2D eigenvalue weighted by Gasteiger charge is -2.44. The maximum absolute atomic E-state index is 9.81. The van der Waals surface area contributed by atoms with Crippen LogP contribution in [-0.4, -0.2) is 49.7 Å². The van der Waals surface area contributed by atoms with Crippen LogP contribution in [0.1, 0.15) is 19.3 Å². The summed E-state index contributed by atoms with van der Waals surface area (Å²) in [6.45, 7) is 6.08. The van der Waals surface area contributed by atoms with Crippen molar-refractivity contribution in [1.29, 1.82) is 5.26 Å². The SMILES string of the molecule is N#CC1(N2CCCNCC2)CCN(c2ccccc2)CC1. The number of rotatable bonds is 2. The van der Waals surface area contributed by atoms with Crippen molar-refractivity contribution in [2.24, 2.45) is 0 Å². The van der Waals surface area contributed by atoms with Gasteiger partial charge in [0.2, 0.25) is 0 Å². The van der Waals surface area contributed by atoms with E-state index in [1.54, 1.807) is 0 Å². The number of nitrogens with one attached hydrogen (secondary N) is 1. The van der Waals surface area contributed by atoms with Crippen molar-refractivity contribution in [3.63, 3.8) is 0 Å². The molecule has 0 bridgehead atoms. The van der Waals surface area contributed by atoms with Gasteiger partial charge in [-0.05, 0) is 37.9 Å². The highest BCUT2D eigenvalue weighted by Crippen LogP contribution is 2.31. The van der Waals surface area contributed by atoms with Crippen LogP contribution in [-0.2, 0) is 0 Å². The average Bonchev–Trinajstić information content (AvgIpc) is 2.85. The third kappa shape index (κ3) is 3.04. The van der Waals surface area contributed by atoms with Gasteiger partial charge in [-0.25, -0.2) is 0 Å². The number of nitriles is 1. The van der Waals surface area contributed by atoms with Gasteiger partial charge in [0.1, 0.15) is 5.54 Å². The smallest absolute Gasteiger partial charge is 0.112 e. The molecule has 2 saturated heterocycles. The number of piperidine rings is 1. The lowest BCUT2D eigenvalue weighted by Crippen LogP contribution is -2.55. The molecule has 0 unspecified atom stereocenters. The molecule has 1 aromatic carbocycles. The molecule has 0 radical (unpaired) electrons. The molecule has 0 amide bonds. The van der Waals surface area contributed by atoms with Crippen LogP contribution in [0.4, 0.5) is 5.69 Å². The molecule has 0 aliphatic carbocycles. The molecule has 2 heterocycles. The van der Waals surface area contributed by atoms with Gasteiger partial charge in [0, 0.05) is 38.4 Å². The summed E-state index contributed by atoms with van der Waals surface area (Å²) in [5.74, 6) is 0. The zero-order chi connectivity index (χ0) is 14.5. The number of hydrogen-bond donors (Lipinski definition) is 1. The Hall–Kier alpha value is -1.57. The minimum Gasteiger partial charge on any atom is -0.371 e. The Balaban J connectivity index is 1.68.